The quantitative estimate of drug-likeness (QED) is 0.680. The van der Waals surface area contributed by atoms with Gasteiger partial charge in [0.2, 0.25) is 0 Å². The molecule has 0 aliphatic carbocycles. The minimum absolute atomic E-state index is 0.000669. The molecule has 7 nitrogen and oxygen atoms in total. The number of nitrogens with zero attached hydrogens (tertiary/aromatic N) is 6. The molecule has 0 bridgehead atoms. The second kappa shape index (κ2) is 8.39. The van der Waals surface area contributed by atoms with Crippen molar-refractivity contribution < 1.29 is 0 Å². The van der Waals surface area contributed by atoms with Crippen LogP contribution in [0.15, 0.2) is 54.1 Å². The summed E-state index contributed by atoms with van der Waals surface area (Å²) in [4.78, 5) is 32.1. The molecule has 4 heterocycles. The van der Waals surface area contributed by atoms with E-state index < -0.39 is 0 Å². The van der Waals surface area contributed by atoms with Crippen LogP contribution < -0.4 is 5.56 Å². The maximum Gasteiger partial charge on any atom is 0.253 e. The van der Waals surface area contributed by atoms with Gasteiger partial charge in [0, 0.05) is 49.5 Å². The molecule has 0 aromatic carbocycles. The molecule has 7 heteroatoms. The number of likely N-dealkylation sites (tertiary alicyclic amines) is 1. The van der Waals surface area contributed by atoms with Crippen molar-refractivity contribution in [2.24, 2.45) is 5.92 Å². The molecule has 4 rings (SSSR count). The summed E-state index contributed by atoms with van der Waals surface area (Å²) in [6.45, 7) is 5.55. The van der Waals surface area contributed by atoms with Crippen LogP contribution in [0.5, 0.6) is 0 Å². The van der Waals surface area contributed by atoms with Gasteiger partial charge in [-0.2, -0.15) is 0 Å². The molecule has 3 aromatic heterocycles. The molecule has 0 spiro atoms. The molecule has 144 valence electrons. The Hall–Kier alpha value is -2.93. The summed E-state index contributed by atoms with van der Waals surface area (Å²) < 4.78 is 1.73. The third-order valence-corrected chi connectivity index (χ3v) is 5.21. The molecular weight excluding hydrogens is 352 g/mol. The lowest BCUT2D eigenvalue weighted by Gasteiger charge is -2.31. The summed E-state index contributed by atoms with van der Waals surface area (Å²) in [7, 11) is 0. The van der Waals surface area contributed by atoms with Gasteiger partial charge in [-0.1, -0.05) is 0 Å². The van der Waals surface area contributed by atoms with E-state index in [1.165, 1.54) is 0 Å². The van der Waals surface area contributed by atoms with Crippen LogP contribution in [0.1, 0.15) is 24.2 Å². The number of hydrogen-bond acceptors (Lipinski definition) is 6. The van der Waals surface area contributed by atoms with Gasteiger partial charge in [-0.05, 0) is 50.9 Å². The van der Waals surface area contributed by atoms with Gasteiger partial charge in [0.15, 0.2) is 0 Å². The Morgan fingerprint density at radius 2 is 1.89 bits per heavy atom. The predicted octanol–water partition coefficient (Wildman–Crippen LogP) is 2.32. The topological polar surface area (TPSA) is 76.8 Å². The first kappa shape index (κ1) is 18.4. The maximum absolute atomic E-state index is 12.5. The summed E-state index contributed by atoms with van der Waals surface area (Å²) >= 11 is 0. The van der Waals surface area contributed by atoms with Gasteiger partial charge in [0.05, 0.1) is 23.4 Å². The third-order valence-electron chi connectivity index (χ3n) is 5.21. The molecule has 0 saturated carbocycles. The molecule has 28 heavy (non-hydrogen) atoms. The number of aromatic nitrogens is 5. The Kier molecular flexibility index (Phi) is 5.53. The van der Waals surface area contributed by atoms with Crippen LogP contribution in [0.4, 0.5) is 0 Å². The zero-order valence-electron chi connectivity index (χ0n) is 16.0. The Morgan fingerprint density at radius 3 is 2.61 bits per heavy atom. The third kappa shape index (κ3) is 4.48. The van der Waals surface area contributed by atoms with Crippen LogP contribution in [-0.4, -0.2) is 42.5 Å². The lowest BCUT2D eigenvalue weighted by molar-refractivity contribution is 0.164. The van der Waals surface area contributed by atoms with Crippen molar-refractivity contribution in [2.75, 3.05) is 13.1 Å². The van der Waals surface area contributed by atoms with Crippen LogP contribution in [0.3, 0.4) is 0 Å². The van der Waals surface area contributed by atoms with Crippen LogP contribution in [0.25, 0.3) is 11.3 Å². The van der Waals surface area contributed by atoms with Crippen molar-refractivity contribution in [2.45, 2.75) is 32.9 Å². The van der Waals surface area contributed by atoms with E-state index in [1.807, 2.05) is 25.3 Å². The Morgan fingerprint density at radius 1 is 1.11 bits per heavy atom. The van der Waals surface area contributed by atoms with E-state index in [0.29, 0.717) is 11.6 Å². The standard InChI is InChI=1S/C21H24N6O/c1-16-11-23-12-19(25-16)14-26-8-4-17(5-9-26)13-27-15-24-20(10-21(27)28)18-2-6-22-7-3-18/h2-3,6-7,10-12,15,17H,4-5,8-9,13-14H2,1H3. The predicted molar refractivity (Wildman–Crippen MR) is 106 cm³/mol. The SMILES string of the molecule is Cc1cncc(CN2CCC(Cn3cnc(-c4ccncc4)cc3=O)CC2)n1. The highest BCUT2D eigenvalue weighted by Gasteiger charge is 2.20. The average molecular weight is 376 g/mol. The highest BCUT2D eigenvalue weighted by atomic mass is 16.1. The second-order valence-corrected chi connectivity index (χ2v) is 7.37. The summed E-state index contributed by atoms with van der Waals surface area (Å²) in [5, 5.41) is 0. The number of pyridine rings is 1. The number of piperidine rings is 1. The largest absolute Gasteiger partial charge is 0.299 e. The number of hydrogen-bond donors (Lipinski definition) is 0. The highest BCUT2D eigenvalue weighted by molar-refractivity contribution is 5.57. The van der Waals surface area contributed by atoms with Gasteiger partial charge in [-0.25, -0.2) is 4.98 Å². The number of rotatable bonds is 5. The van der Waals surface area contributed by atoms with E-state index in [0.717, 1.165) is 56.0 Å². The lowest BCUT2D eigenvalue weighted by Crippen LogP contribution is -2.36. The van der Waals surface area contributed by atoms with E-state index >= 15 is 0 Å². The summed E-state index contributed by atoms with van der Waals surface area (Å²) in [5.41, 5.74) is 3.57. The average Bonchev–Trinajstić information content (AvgIpc) is 2.72. The van der Waals surface area contributed by atoms with E-state index in [4.69, 9.17) is 0 Å². The smallest absolute Gasteiger partial charge is 0.253 e. The van der Waals surface area contributed by atoms with Crippen molar-refractivity contribution in [3.8, 4) is 11.3 Å². The second-order valence-electron chi connectivity index (χ2n) is 7.37. The normalized spacial score (nSPS) is 15.6. The van der Waals surface area contributed by atoms with Gasteiger partial charge < -0.3 is 0 Å². The molecule has 0 amide bonds. The van der Waals surface area contributed by atoms with Crippen LogP contribution in [0, 0.1) is 12.8 Å². The maximum atomic E-state index is 12.5. The van der Waals surface area contributed by atoms with Gasteiger partial charge in [-0.15, -0.1) is 0 Å². The van der Waals surface area contributed by atoms with Crippen LogP contribution in [-0.2, 0) is 13.1 Å². The molecule has 0 unspecified atom stereocenters. The molecular formula is C21H24N6O. The minimum Gasteiger partial charge on any atom is -0.299 e. The number of aryl methyl sites for hydroxylation is 1. The zero-order chi connectivity index (χ0) is 19.3. The van der Waals surface area contributed by atoms with Gasteiger partial charge >= 0.3 is 0 Å². The van der Waals surface area contributed by atoms with E-state index in [2.05, 4.69) is 24.8 Å². The van der Waals surface area contributed by atoms with Gasteiger partial charge in [0.1, 0.15) is 0 Å². The zero-order valence-corrected chi connectivity index (χ0v) is 16.0. The first-order chi connectivity index (χ1) is 13.7. The fourth-order valence-electron chi connectivity index (χ4n) is 3.67. The molecule has 3 aromatic rings. The summed E-state index contributed by atoms with van der Waals surface area (Å²) in [5.74, 6) is 0.492. The molecule has 1 aliphatic heterocycles. The molecule has 0 radical (unpaired) electrons. The van der Waals surface area contributed by atoms with E-state index in [1.54, 1.807) is 35.6 Å². The fourth-order valence-corrected chi connectivity index (χ4v) is 3.67. The summed E-state index contributed by atoms with van der Waals surface area (Å²) in [6, 6.07) is 5.34. The van der Waals surface area contributed by atoms with Crippen LogP contribution in [0.2, 0.25) is 0 Å². The monoisotopic (exact) mass is 376 g/mol. The Labute approximate surface area is 164 Å². The molecule has 1 fully saturated rings. The molecule has 0 atom stereocenters. The first-order valence-corrected chi connectivity index (χ1v) is 9.64. The first-order valence-electron chi connectivity index (χ1n) is 9.64. The van der Waals surface area contributed by atoms with Crippen molar-refractivity contribution in [1.82, 2.24) is 29.4 Å². The highest BCUT2D eigenvalue weighted by Crippen LogP contribution is 2.20. The van der Waals surface area contributed by atoms with Crippen molar-refractivity contribution >= 4 is 0 Å². The van der Waals surface area contributed by atoms with Gasteiger partial charge in [0.25, 0.3) is 5.56 Å². The van der Waals surface area contributed by atoms with Crippen LogP contribution >= 0.6 is 0 Å². The van der Waals surface area contributed by atoms with Crippen molar-refractivity contribution in [1.29, 1.82) is 0 Å². The molecule has 1 saturated heterocycles. The molecule has 0 N–H and O–H groups in total. The van der Waals surface area contributed by atoms with E-state index in [-0.39, 0.29) is 5.56 Å². The molecule has 1 aliphatic rings. The van der Waals surface area contributed by atoms with Crippen molar-refractivity contribution in [3.63, 3.8) is 0 Å². The summed E-state index contributed by atoms with van der Waals surface area (Å²) in [6.07, 6.45) is 10.8. The van der Waals surface area contributed by atoms with Crippen molar-refractivity contribution in [3.05, 3.63) is 71.1 Å². The Balaban J connectivity index is 1.34. The van der Waals surface area contributed by atoms with Gasteiger partial charge in [-0.3, -0.25) is 29.2 Å². The lowest BCUT2D eigenvalue weighted by atomic mass is 9.96. The Bertz CT molecular complexity index is 979. The minimum atomic E-state index is -0.000669. The van der Waals surface area contributed by atoms with E-state index in [9.17, 15) is 4.79 Å². The fraction of sp³-hybridized carbons (Fsp3) is 0.381.